The fourth-order valence-electron chi connectivity index (χ4n) is 2.72. The number of carbonyl (C=O) groups excluding carboxylic acids is 1. The Bertz CT molecular complexity index is 871. The molecule has 0 aliphatic rings. The number of carboxylic acid groups (broad SMARTS) is 1. The molecule has 1 amide bonds. The molecule has 6 heteroatoms. The van der Waals surface area contributed by atoms with Gasteiger partial charge in [-0.15, -0.1) is 0 Å². The predicted molar refractivity (Wildman–Crippen MR) is 104 cm³/mol. The molecule has 0 saturated carbocycles. The highest BCUT2D eigenvalue weighted by atomic mass is 16.5. The minimum absolute atomic E-state index is 0.162. The fourth-order valence-corrected chi connectivity index (χ4v) is 2.72. The lowest BCUT2D eigenvalue weighted by atomic mass is 10.1. The Labute approximate surface area is 163 Å². The predicted octanol–water partition coefficient (Wildman–Crippen LogP) is 3.39. The van der Waals surface area contributed by atoms with Crippen LogP contribution >= 0.6 is 0 Å². The monoisotopic (exact) mass is 376 g/mol. The highest BCUT2D eigenvalue weighted by Gasteiger charge is 2.17. The number of aromatic nitrogens is 1. The number of carbonyl (C=O) groups is 2. The zero-order chi connectivity index (χ0) is 19.8. The molecule has 0 fully saturated rings. The quantitative estimate of drug-likeness (QED) is 0.652. The molecule has 0 saturated heterocycles. The van der Waals surface area contributed by atoms with Crippen molar-refractivity contribution in [2.45, 2.75) is 13.1 Å². The van der Waals surface area contributed by atoms with Crippen LogP contribution in [0, 0.1) is 0 Å². The standard InChI is InChI=1S/C22H20N2O4/c25-21(26)16-28-20-12-11-19(13-23-20)22(27)24(14-17-7-3-1-4-8-17)15-18-9-5-2-6-10-18/h1-13H,14-16H2,(H,25,26). The summed E-state index contributed by atoms with van der Waals surface area (Å²) in [6.45, 7) is 0.450. The maximum absolute atomic E-state index is 13.1. The summed E-state index contributed by atoms with van der Waals surface area (Å²) in [4.78, 5) is 29.4. The van der Waals surface area contributed by atoms with Crippen molar-refractivity contribution in [3.63, 3.8) is 0 Å². The van der Waals surface area contributed by atoms with Gasteiger partial charge in [0.15, 0.2) is 6.61 Å². The van der Waals surface area contributed by atoms with Gasteiger partial charge in [0.25, 0.3) is 5.91 Å². The Kier molecular flexibility index (Phi) is 6.36. The maximum Gasteiger partial charge on any atom is 0.341 e. The Morgan fingerprint density at radius 2 is 1.43 bits per heavy atom. The largest absolute Gasteiger partial charge is 0.479 e. The zero-order valence-electron chi connectivity index (χ0n) is 15.2. The van der Waals surface area contributed by atoms with Crippen LogP contribution in [-0.2, 0) is 17.9 Å². The van der Waals surface area contributed by atoms with Crippen molar-refractivity contribution in [3.8, 4) is 5.88 Å². The van der Waals surface area contributed by atoms with Gasteiger partial charge in [-0.1, -0.05) is 60.7 Å². The van der Waals surface area contributed by atoms with Crippen molar-refractivity contribution in [2.75, 3.05) is 6.61 Å². The van der Waals surface area contributed by atoms with Crippen LogP contribution in [0.15, 0.2) is 79.0 Å². The first kappa shape index (κ1) is 19.1. The van der Waals surface area contributed by atoms with Gasteiger partial charge >= 0.3 is 5.97 Å². The third-order valence-electron chi connectivity index (χ3n) is 4.05. The molecule has 0 radical (unpaired) electrons. The molecule has 0 unspecified atom stereocenters. The smallest absolute Gasteiger partial charge is 0.341 e. The van der Waals surface area contributed by atoms with Crippen molar-refractivity contribution < 1.29 is 19.4 Å². The number of nitrogens with zero attached hydrogens (tertiary/aromatic N) is 2. The van der Waals surface area contributed by atoms with Crippen LogP contribution in [0.5, 0.6) is 5.88 Å². The number of hydrogen-bond acceptors (Lipinski definition) is 4. The van der Waals surface area contributed by atoms with Gasteiger partial charge < -0.3 is 14.7 Å². The van der Waals surface area contributed by atoms with Gasteiger partial charge in [0.05, 0.1) is 5.56 Å². The van der Waals surface area contributed by atoms with Crippen molar-refractivity contribution in [1.29, 1.82) is 0 Å². The summed E-state index contributed by atoms with van der Waals surface area (Å²) in [5.74, 6) is -1.08. The Balaban J connectivity index is 1.78. The van der Waals surface area contributed by atoms with Gasteiger partial charge in [0, 0.05) is 25.4 Å². The number of benzene rings is 2. The summed E-state index contributed by atoms with van der Waals surface area (Å²) in [7, 11) is 0. The summed E-state index contributed by atoms with van der Waals surface area (Å²) in [6.07, 6.45) is 1.41. The maximum atomic E-state index is 13.1. The lowest BCUT2D eigenvalue weighted by Gasteiger charge is -2.23. The Hall–Kier alpha value is -3.67. The van der Waals surface area contributed by atoms with E-state index >= 15 is 0 Å². The van der Waals surface area contributed by atoms with E-state index in [4.69, 9.17) is 9.84 Å². The lowest BCUT2D eigenvalue weighted by Crippen LogP contribution is -2.30. The number of carboxylic acids is 1. The molecule has 0 bridgehead atoms. The molecule has 1 aromatic heterocycles. The van der Waals surface area contributed by atoms with Crippen LogP contribution < -0.4 is 4.74 Å². The molecular formula is C22H20N2O4. The van der Waals surface area contributed by atoms with Crippen LogP contribution in [-0.4, -0.2) is 33.5 Å². The molecule has 1 heterocycles. The van der Waals surface area contributed by atoms with E-state index in [9.17, 15) is 9.59 Å². The second kappa shape index (κ2) is 9.32. The number of pyridine rings is 1. The van der Waals surface area contributed by atoms with E-state index in [1.807, 2.05) is 60.7 Å². The molecular weight excluding hydrogens is 356 g/mol. The van der Waals surface area contributed by atoms with Crippen molar-refractivity contribution in [2.24, 2.45) is 0 Å². The molecule has 0 aliphatic carbocycles. The second-order valence-corrected chi connectivity index (χ2v) is 6.20. The van der Waals surface area contributed by atoms with E-state index in [0.717, 1.165) is 11.1 Å². The highest BCUT2D eigenvalue weighted by Crippen LogP contribution is 2.15. The van der Waals surface area contributed by atoms with Gasteiger partial charge in [-0.2, -0.15) is 0 Å². The number of aliphatic carboxylic acids is 1. The third kappa shape index (κ3) is 5.41. The molecule has 142 valence electrons. The van der Waals surface area contributed by atoms with E-state index in [-0.39, 0.29) is 11.8 Å². The van der Waals surface area contributed by atoms with Crippen LogP contribution in [0.1, 0.15) is 21.5 Å². The first-order valence-corrected chi connectivity index (χ1v) is 8.79. The van der Waals surface area contributed by atoms with Gasteiger partial charge in [0.1, 0.15) is 0 Å². The van der Waals surface area contributed by atoms with Gasteiger partial charge in [-0.05, 0) is 17.2 Å². The molecule has 1 N–H and O–H groups in total. The molecule has 2 aromatic carbocycles. The second-order valence-electron chi connectivity index (χ2n) is 6.20. The summed E-state index contributed by atoms with van der Waals surface area (Å²) >= 11 is 0. The van der Waals surface area contributed by atoms with E-state index in [1.165, 1.54) is 12.3 Å². The van der Waals surface area contributed by atoms with E-state index in [2.05, 4.69) is 4.98 Å². The summed E-state index contributed by atoms with van der Waals surface area (Å²) < 4.78 is 5.02. The van der Waals surface area contributed by atoms with E-state index in [1.54, 1.807) is 11.0 Å². The molecule has 6 nitrogen and oxygen atoms in total. The number of hydrogen-bond donors (Lipinski definition) is 1. The summed E-state index contributed by atoms with van der Waals surface area (Å²) in [5.41, 5.74) is 2.47. The Morgan fingerprint density at radius 1 is 0.857 bits per heavy atom. The molecule has 3 rings (SSSR count). The number of ether oxygens (including phenoxy) is 1. The van der Waals surface area contributed by atoms with Crippen LogP contribution in [0.2, 0.25) is 0 Å². The van der Waals surface area contributed by atoms with E-state index in [0.29, 0.717) is 18.7 Å². The molecule has 28 heavy (non-hydrogen) atoms. The summed E-state index contributed by atoms with van der Waals surface area (Å²) in [5, 5.41) is 8.66. The zero-order valence-corrected chi connectivity index (χ0v) is 15.2. The van der Waals surface area contributed by atoms with Crippen LogP contribution in [0.25, 0.3) is 0 Å². The van der Waals surface area contributed by atoms with Crippen molar-refractivity contribution in [3.05, 3.63) is 95.7 Å². The van der Waals surface area contributed by atoms with Gasteiger partial charge in [-0.3, -0.25) is 4.79 Å². The van der Waals surface area contributed by atoms with Gasteiger partial charge in [-0.25, -0.2) is 9.78 Å². The fraction of sp³-hybridized carbons (Fsp3) is 0.136. The Morgan fingerprint density at radius 3 is 1.89 bits per heavy atom. The average molecular weight is 376 g/mol. The molecule has 0 aliphatic heterocycles. The lowest BCUT2D eigenvalue weighted by molar-refractivity contribution is -0.139. The number of amides is 1. The topological polar surface area (TPSA) is 79.7 Å². The van der Waals surface area contributed by atoms with Crippen molar-refractivity contribution >= 4 is 11.9 Å². The average Bonchev–Trinajstić information content (AvgIpc) is 2.73. The minimum atomic E-state index is -1.08. The van der Waals surface area contributed by atoms with Gasteiger partial charge in [0.2, 0.25) is 5.88 Å². The molecule has 0 atom stereocenters. The molecule has 3 aromatic rings. The summed E-state index contributed by atoms with van der Waals surface area (Å²) in [6, 6.07) is 22.6. The molecule has 0 spiro atoms. The first-order chi connectivity index (χ1) is 13.6. The SMILES string of the molecule is O=C(O)COc1ccc(C(=O)N(Cc2ccccc2)Cc2ccccc2)cn1. The minimum Gasteiger partial charge on any atom is -0.479 e. The van der Waals surface area contributed by atoms with Crippen LogP contribution in [0.4, 0.5) is 0 Å². The highest BCUT2D eigenvalue weighted by molar-refractivity contribution is 5.94. The van der Waals surface area contributed by atoms with E-state index < -0.39 is 12.6 Å². The third-order valence-corrected chi connectivity index (χ3v) is 4.05. The first-order valence-electron chi connectivity index (χ1n) is 8.79. The van der Waals surface area contributed by atoms with Crippen molar-refractivity contribution in [1.82, 2.24) is 9.88 Å². The van der Waals surface area contributed by atoms with Crippen LogP contribution in [0.3, 0.4) is 0 Å². The number of rotatable bonds is 8. The normalized spacial score (nSPS) is 10.3.